The van der Waals surface area contributed by atoms with E-state index in [-0.39, 0.29) is 17.9 Å². The molecule has 2 fully saturated rings. The highest BCUT2D eigenvalue weighted by Gasteiger charge is 2.37. The highest BCUT2D eigenvalue weighted by molar-refractivity contribution is 7.10. The quantitative estimate of drug-likeness (QED) is 0.795. The number of morpholine rings is 1. The van der Waals surface area contributed by atoms with Crippen LogP contribution in [-0.4, -0.2) is 60.5 Å². The number of ether oxygens (including phenoxy) is 1. The second-order valence-corrected chi connectivity index (χ2v) is 6.92. The van der Waals surface area contributed by atoms with E-state index in [1.165, 1.54) is 0 Å². The summed E-state index contributed by atoms with van der Waals surface area (Å²) >= 11 is 1.60. The summed E-state index contributed by atoms with van der Waals surface area (Å²) < 4.78 is 5.30. The zero-order chi connectivity index (χ0) is 16.2. The van der Waals surface area contributed by atoms with Gasteiger partial charge in [0.15, 0.2) is 0 Å². The lowest BCUT2D eigenvalue weighted by Gasteiger charge is -2.32. The zero-order valence-corrected chi connectivity index (χ0v) is 14.2. The van der Waals surface area contributed by atoms with E-state index >= 15 is 0 Å². The van der Waals surface area contributed by atoms with Gasteiger partial charge in [-0.3, -0.25) is 9.59 Å². The maximum absolute atomic E-state index is 12.7. The van der Waals surface area contributed by atoms with Crippen LogP contribution in [0, 0.1) is 0 Å². The van der Waals surface area contributed by atoms with Crippen molar-refractivity contribution in [1.29, 1.82) is 0 Å². The molecule has 1 aromatic heterocycles. The van der Waals surface area contributed by atoms with Gasteiger partial charge in [0.25, 0.3) is 0 Å². The Hall–Kier alpha value is -1.66. The maximum atomic E-state index is 12.7. The molecule has 124 valence electrons. The molecule has 2 aliphatic rings. The Bertz CT molecular complexity index is 591. The average Bonchev–Trinajstić information content (AvgIpc) is 3.25. The van der Waals surface area contributed by atoms with Crippen LogP contribution in [-0.2, 0) is 14.3 Å². The molecule has 6 heteroatoms. The second kappa shape index (κ2) is 7.27. The van der Waals surface area contributed by atoms with Gasteiger partial charge >= 0.3 is 0 Å². The first-order valence-electron chi connectivity index (χ1n) is 8.06. The van der Waals surface area contributed by atoms with Crippen molar-refractivity contribution in [1.82, 2.24) is 9.80 Å². The van der Waals surface area contributed by atoms with Crippen molar-refractivity contribution >= 4 is 29.2 Å². The van der Waals surface area contributed by atoms with E-state index in [0.717, 1.165) is 17.7 Å². The minimum absolute atomic E-state index is 0.0255. The first-order chi connectivity index (χ1) is 11.2. The number of thiophene rings is 1. The summed E-state index contributed by atoms with van der Waals surface area (Å²) in [6, 6.07) is 3.64. The number of nitrogens with zero attached hydrogens (tertiary/aromatic N) is 2. The monoisotopic (exact) mass is 334 g/mol. The van der Waals surface area contributed by atoms with Crippen molar-refractivity contribution in [2.24, 2.45) is 0 Å². The Morgan fingerprint density at radius 3 is 2.78 bits per heavy atom. The third-order valence-electron chi connectivity index (χ3n) is 4.36. The van der Waals surface area contributed by atoms with Gasteiger partial charge in [-0.05, 0) is 37.3 Å². The standard InChI is InChI=1S/C17H22N2O3S/c1-13(12-14-4-3-11-23-14)16(20)19-6-2-5-15(19)17(21)18-7-9-22-10-8-18/h3-4,11-12,15H,2,5-10H2,1H3/b13-12+/t15-/m1/s1. The van der Waals surface area contributed by atoms with Crippen LogP contribution in [0.5, 0.6) is 0 Å². The number of carbonyl (C=O) groups is 2. The summed E-state index contributed by atoms with van der Waals surface area (Å²) in [5, 5.41) is 1.99. The molecule has 5 nitrogen and oxygen atoms in total. The Morgan fingerprint density at radius 1 is 1.30 bits per heavy atom. The molecule has 23 heavy (non-hydrogen) atoms. The fourth-order valence-electron chi connectivity index (χ4n) is 3.14. The van der Waals surface area contributed by atoms with Gasteiger partial charge in [-0.25, -0.2) is 0 Å². The minimum Gasteiger partial charge on any atom is -0.378 e. The molecule has 2 saturated heterocycles. The maximum Gasteiger partial charge on any atom is 0.250 e. The molecule has 0 aliphatic carbocycles. The molecule has 0 radical (unpaired) electrons. The Labute approximate surface area is 140 Å². The fraction of sp³-hybridized carbons (Fsp3) is 0.529. The topological polar surface area (TPSA) is 49.9 Å². The number of amides is 2. The highest BCUT2D eigenvalue weighted by atomic mass is 32.1. The molecule has 0 spiro atoms. The molecule has 1 atom stereocenters. The van der Waals surface area contributed by atoms with Gasteiger partial charge in [0.1, 0.15) is 6.04 Å². The van der Waals surface area contributed by atoms with E-state index in [1.807, 2.05) is 35.4 Å². The van der Waals surface area contributed by atoms with Gasteiger partial charge in [0, 0.05) is 30.1 Å². The molecule has 2 amide bonds. The summed E-state index contributed by atoms with van der Waals surface area (Å²) in [4.78, 5) is 30.1. The zero-order valence-electron chi connectivity index (χ0n) is 13.4. The highest BCUT2D eigenvalue weighted by Crippen LogP contribution is 2.23. The average molecular weight is 334 g/mol. The number of carbonyl (C=O) groups excluding carboxylic acids is 2. The summed E-state index contributed by atoms with van der Waals surface area (Å²) in [6.07, 6.45) is 3.55. The number of rotatable bonds is 3. The van der Waals surface area contributed by atoms with Crippen molar-refractivity contribution in [2.75, 3.05) is 32.8 Å². The predicted octanol–water partition coefficient (Wildman–Crippen LogP) is 2.00. The molecule has 0 aromatic carbocycles. The first-order valence-corrected chi connectivity index (χ1v) is 8.94. The van der Waals surface area contributed by atoms with Crippen LogP contribution in [0.3, 0.4) is 0 Å². The van der Waals surface area contributed by atoms with Crippen LogP contribution in [0.2, 0.25) is 0 Å². The van der Waals surface area contributed by atoms with Crippen molar-refractivity contribution in [3.8, 4) is 0 Å². The van der Waals surface area contributed by atoms with E-state index in [2.05, 4.69) is 0 Å². The van der Waals surface area contributed by atoms with Gasteiger partial charge in [0.2, 0.25) is 11.8 Å². The van der Waals surface area contributed by atoms with Gasteiger partial charge < -0.3 is 14.5 Å². The SMILES string of the molecule is C/C(=C\c1cccs1)C(=O)N1CCC[C@@H]1C(=O)N1CCOCC1. The molecule has 3 rings (SSSR count). The molecule has 1 aromatic rings. The second-order valence-electron chi connectivity index (χ2n) is 5.94. The lowest BCUT2D eigenvalue weighted by molar-refractivity contribution is -0.144. The number of hydrogen-bond acceptors (Lipinski definition) is 4. The molecule has 0 saturated carbocycles. The third kappa shape index (κ3) is 3.64. The van der Waals surface area contributed by atoms with Crippen LogP contribution in [0.1, 0.15) is 24.6 Å². The summed E-state index contributed by atoms with van der Waals surface area (Å²) in [6.45, 7) is 4.92. The molecule has 3 heterocycles. The van der Waals surface area contributed by atoms with E-state index in [1.54, 1.807) is 16.2 Å². The largest absolute Gasteiger partial charge is 0.378 e. The van der Waals surface area contributed by atoms with Crippen molar-refractivity contribution in [2.45, 2.75) is 25.8 Å². The molecular formula is C17H22N2O3S. The molecule has 0 N–H and O–H groups in total. The molecule has 0 unspecified atom stereocenters. The van der Waals surface area contributed by atoms with E-state index in [9.17, 15) is 9.59 Å². The Kier molecular flexibility index (Phi) is 5.13. The summed E-state index contributed by atoms with van der Waals surface area (Å²) in [5.74, 6) is 0.0468. The summed E-state index contributed by atoms with van der Waals surface area (Å²) in [7, 11) is 0. The van der Waals surface area contributed by atoms with Crippen molar-refractivity contribution < 1.29 is 14.3 Å². The van der Waals surface area contributed by atoms with Gasteiger partial charge in [0.05, 0.1) is 13.2 Å². The molecular weight excluding hydrogens is 312 g/mol. The Balaban J connectivity index is 1.70. The van der Waals surface area contributed by atoms with Crippen LogP contribution < -0.4 is 0 Å². The van der Waals surface area contributed by atoms with E-state index in [4.69, 9.17) is 4.74 Å². The van der Waals surface area contributed by atoms with Crippen LogP contribution in [0.4, 0.5) is 0 Å². The smallest absolute Gasteiger partial charge is 0.250 e. The number of hydrogen-bond donors (Lipinski definition) is 0. The molecule has 0 bridgehead atoms. The number of likely N-dealkylation sites (tertiary alicyclic amines) is 1. The van der Waals surface area contributed by atoms with Gasteiger partial charge in [-0.15, -0.1) is 11.3 Å². The molecule has 2 aliphatic heterocycles. The van der Waals surface area contributed by atoms with Crippen LogP contribution >= 0.6 is 11.3 Å². The van der Waals surface area contributed by atoms with Crippen molar-refractivity contribution in [3.05, 3.63) is 28.0 Å². The van der Waals surface area contributed by atoms with Crippen LogP contribution in [0.15, 0.2) is 23.1 Å². The van der Waals surface area contributed by atoms with Crippen LogP contribution in [0.25, 0.3) is 6.08 Å². The first kappa shape index (κ1) is 16.2. The van der Waals surface area contributed by atoms with Crippen molar-refractivity contribution in [3.63, 3.8) is 0 Å². The van der Waals surface area contributed by atoms with Gasteiger partial charge in [-0.1, -0.05) is 6.07 Å². The van der Waals surface area contributed by atoms with E-state index in [0.29, 0.717) is 38.4 Å². The van der Waals surface area contributed by atoms with E-state index < -0.39 is 0 Å². The predicted molar refractivity (Wildman–Crippen MR) is 90.1 cm³/mol. The normalized spacial score (nSPS) is 22.5. The summed E-state index contributed by atoms with van der Waals surface area (Å²) in [5.41, 5.74) is 0.689. The fourth-order valence-corrected chi connectivity index (χ4v) is 3.85. The third-order valence-corrected chi connectivity index (χ3v) is 5.18. The Morgan fingerprint density at radius 2 is 2.09 bits per heavy atom. The lowest BCUT2D eigenvalue weighted by atomic mass is 10.1. The van der Waals surface area contributed by atoms with Gasteiger partial charge in [-0.2, -0.15) is 0 Å². The lowest BCUT2D eigenvalue weighted by Crippen LogP contribution is -2.51. The minimum atomic E-state index is -0.313.